The maximum atomic E-state index is 14.1. The van der Waals surface area contributed by atoms with Gasteiger partial charge in [0, 0.05) is 29.9 Å². The zero-order valence-corrected chi connectivity index (χ0v) is 11.6. The Hall–Kier alpha value is -1.09. The van der Waals surface area contributed by atoms with E-state index in [2.05, 4.69) is 11.0 Å². The van der Waals surface area contributed by atoms with Gasteiger partial charge in [-0.3, -0.25) is 0 Å². The molecule has 0 spiro atoms. The summed E-state index contributed by atoms with van der Waals surface area (Å²) in [5.74, 6) is 0.725. The molecule has 104 valence electrons. The van der Waals surface area contributed by atoms with Gasteiger partial charge in [-0.1, -0.05) is 6.07 Å². The largest absolute Gasteiger partial charge is 0.368 e. The van der Waals surface area contributed by atoms with E-state index in [0.29, 0.717) is 12.5 Å². The summed E-state index contributed by atoms with van der Waals surface area (Å²) in [6.45, 7) is 3.04. The fourth-order valence-corrected chi connectivity index (χ4v) is 2.75. The van der Waals surface area contributed by atoms with Crippen molar-refractivity contribution in [2.45, 2.75) is 51.1 Å². The van der Waals surface area contributed by atoms with Gasteiger partial charge in [-0.05, 0) is 57.1 Å². The van der Waals surface area contributed by atoms with Gasteiger partial charge in [0.1, 0.15) is 5.82 Å². The van der Waals surface area contributed by atoms with Crippen LogP contribution < -0.4 is 10.6 Å². The summed E-state index contributed by atoms with van der Waals surface area (Å²) in [4.78, 5) is 2.44. The lowest BCUT2D eigenvalue weighted by Crippen LogP contribution is -2.30. The predicted molar refractivity (Wildman–Crippen MR) is 76.8 cm³/mol. The van der Waals surface area contributed by atoms with Crippen LogP contribution in [-0.2, 0) is 6.42 Å². The maximum Gasteiger partial charge on any atom is 0.128 e. The fourth-order valence-electron chi connectivity index (χ4n) is 2.75. The van der Waals surface area contributed by atoms with Crippen LogP contribution in [0.3, 0.4) is 0 Å². The fraction of sp³-hybridized carbons (Fsp3) is 0.625. The second-order valence-corrected chi connectivity index (χ2v) is 6.25. The highest BCUT2D eigenvalue weighted by Gasteiger charge is 2.35. The topological polar surface area (TPSA) is 29.3 Å². The molecule has 1 aromatic rings. The number of rotatable bonds is 6. The van der Waals surface area contributed by atoms with E-state index in [1.807, 2.05) is 13.0 Å². The molecule has 0 aromatic heterocycles. The molecular weight excluding hydrogens is 239 g/mol. The third-order valence-corrected chi connectivity index (χ3v) is 4.07. The molecule has 0 amide bonds. The van der Waals surface area contributed by atoms with E-state index in [-0.39, 0.29) is 11.9 Å². The molecule has 2 saturated carbocycles. The highest BCUT2D eigenvalue weighted by molar-refractivity contribution is 5.56. The first-order chi connectivity index (χ1) is 9.15. The van der Waals surface area contributed by atoms with Crippen LogP contribution in [0.25, 0.3) is 0 Å². The Kier molecular flexibility index (Phi) is 3.48. The molecule has 0 saturated heterocycles. The van der Waals surface area contributed by atoms with E-state index < -0.39 is 0 Å². The molecule has 0 bridgehead atoms. The van der Waals surface area contributed by atoms with Crippen molar-refractivity contribution in [3.8, 4) is 0 Å². The second kappa shape index (κ2) is 5.12. The number of hydrogen-bond donors (Lipinski definition) is 1. The van der Waals surface area contributed by atoms with Gasteiger partial charge < -0.3 is 10.6 Å². The highest BCUT2D eigenvalue weighted by atomic mass is 19.1. The number of nitrogens with two attached hydrogens (primary N) is 1. The average Bonchev–Trinajstić information content (AvgIpc) is 3.23. The van der Waals surface area contributed by atoms with Crippen LogP contribution in [0, 0.1) is 11.7 Å². The van der Waals surface area contributed by atoms with Gasteiger partial charge in [0.05, 0.1) is 0 Å². The Morgan fingerprint density at radius 3 is 2.63 bits per heavy atom. The summed E-state index contributed by atoms with van der Waals surface area (Å²) in [5.41, 5.74) is 7.78. The number of halogens is 1. The Morgan fingerprint density at radius 2 is 2.05 bits per heavy atom. The standard InChI is InChI=1S/C16H23FN2/c1-11(18)9-14-15(17)3-2-4-16(14)19(13-7-8-13)10-12-5-6-12/h2-4,11-13H,5-10,18H2,1H3. The number of anilines is 1. The Balaban J connectivity index is 1.89. The lowest BCUT2D eigenvalue weighted by molar-refractivity contribution is 0.592. The van der Waals surface area contributed by atoms with Crippen molar-refractivity contribution in [3.63, 3.8) is 0 Å². The predicted octanol–water partition coefficient (Wildman–Crippen LogP) is 3.09. The van der Waals surface area contributed by atoms with Crippen LogP contribution in [0.4, 0.5) is 10.1 Å². The Morgan fingerprint density at radius 1 is 1.32 bits per heavy atom. The number of hydrogen-bond acceptors (Lipinski definition) is 2. The minimum atomic E-state index is -0.101. The number of benzene rings is 1. The Labute approximate surface area is 114 Å². The van der Waals surface area contributed by atoms with Crippen molar-refractivity contribution >= 4 is 5.69 Å². The third-order valence-electron chi connectivity index (χ3n) is 4.07. The molecule has 3 heteroatoms. The van der Waals surface area contributed by atoms with Crippen LogP contribution in [0.1, 0.15) is 38.2 Å². The van der Waals surface area contributed by atoms with E-state index in [9.17, 15) is 4.39 Å². The monoisotopic (exact) mass is 262 g/mol. The molecule has 2 aliphatic rings. The van der Waals surface area contributed by atoms with E-state index >= 15 is 0 Å². The summed E-state index contributed by atoms with van der Waals surface area (Å²) in [6.07, 6.45) is 5.79. The van der Waals surface area contributed by atoms with Crippen LogP contribution in [-0.4, -0.2) is 18.6 Å². The van der Waals surface area contributed by atoms with Gasteiger partial charge in [-0.2, -0.15) is 0 Å². The first-order valence-electron chi connectivity index (χ1n) is 7.44. The van der Waals surface area contributed by atoms with Crippen LogP contribution in [0.5, 0.6) is 0 Å². The normalized spacial score (nSPS) is 20.4. The smallest absolute Gasteiger partial charge is 0.128 e. The Bertz CT molecular complexity index is 450. The van der Waals surface area contributed by atoms with E-state index in [1.165, 1.54) is 25.7 Å². The van der Waals surface area contributed by atoms with E-state index in [1.54, 1.807) is 6.07 Å². The molecule has 0 radical (unpaired) electrons. The molecule has 2 N–H and O–H groups in total. The van der Waals surface area contributed by atoms with E-state index in [0.717, 1.165) is 23.7 Å². The molecule has 1 atom stereocenters. The first-order valence-corrected chi connectivity index (χ1v) is 7.44. The first kappa shape index (κ1) is 12.9. The molecule has 2 fully saturated rings. The summed E-state index contributed by atoms with van der Waals surface area (Å²) in [7, 11) is 0. The molecular formula is C16H23FN2. The van der Waals surface area contributed by atoms with Gasteiger partial charge in [0.15, 0.2) is 0 Å². The van der Waals surface area contributed by atoms with Crippen molar-refractivity contribution < 1.29 is 4.39 Å². The zero-order valence-electron chi connectivity index (χ0n) is 11.6. The van der Waals surface area contributed by atoms with Crippen molar-refractivity contribution in [3.05, 3.63) is 29.6 Å². The molecule has 3 rings (SSSR count). The third kappa shape index (κ3) is 3.08. The summed E-state index contributed by atoms with van der Waals surface area (Å²) in [5, 5.41) is 0. The molecule has 0 heterocycles. The van der Waals surface area contributed by atoms with E-state index in [4.69, 9.17) is 5.73 Å². The highest BCUT2D eigenvalue weighted by Crippen LogP contribution is 2.39. The quantitative estimate of drug-likeness (QED) is 0.853. The maximum absolute atomic E-state index is 14.1. The molecule has 2 aliphatic carbocycles. The van der Waals surface area contributed by atoms with Gasteiger partial charge >= 0.3 is 0 Å². The lowest BCUT2D eigenvalue weighted by Gasteiger charge is -2.28. The van der Waals surface area contributed by atoms with Crippen LogP contribution >= 0.6 is 0 Å². The number of nitrogens with zero attached hydrogens (tertiary/aromatic N) is 1. The van der Waals surface area contributed by atoms with Crippen molar-refractivity contribution in [1.29, 1.82) is 0 Å². The van der Waals surface area contributed by atoms with Gasteiger partial charge in [-0.15, -0.1) is 0 Å². The van der Waals surface area contributed by atoms with Crippen LogP contribution in [0.2, 0.25) is 0 Å². The molecule has 0 aliphatic heterocycles. The lowest BCUT2D eigenvalue weighted by atomic mass is 10.0. The van der Waals surface area contributed by atoms with Gasteiger partial charge in [0.2, 0.25) is 0 Å². The minimum Gasteiger partial charge on any atom is -0.368 e. The minimum absolute atomic E-state index is 0.00220. The van der Waals surface area contributed by atoms with Crippen molar-refractivity contribution in [2.75, 3.05) is 11.4 Å². The summed E-state index contributed by atoms with van der Waals surface area (Å²) < 4.78 is 14.1. The summed E-state index contributed by atoms with van der Waals surface area (Å²) in [6, 6.07) is 6.09. The molecule has 2 nitrogen and oxygen atoms in total. The molecule has 19 heavy (non-hydrogen) atoms. The zero-order chi connectivity index (χ0) is 13.4. The summed E-state index contributed by atoms with van der Waals surface area (Å²) >= 11 is 0. The van der Waals surface area contributed by atoms with Crippen LogP contribution in [0.15, 0.2) is 18.2 Å². The molecule has 1 unspecified atom stereocenters. The van der Waals surface area contributed by atoms with Crippen molar-refractivity contribution in [1.82, 2.24) is 0 Å². The molecule has 1 aromatic carbocycles. The SMILES string of the molecule is CC(N)Cc1c(F)cccc1N(CC1CC1)C1CC1. The van der Waals surface area contributed by atoms with Gasteiger partial charge in [-0.25, -0.2) is 4.39 Å². The average molecular weight is 262 g/mol. The van der Waals surface area contributed by atoms with Gasteiger partial charge in [0.25, 0.3) is 0 Å². The second-order valence-electron chi connectivity index (χ2n) is 6.25. The van der Waals surface area contributed by atoms with Crippen molar-refractivity contribution in [2.24, 2.45) is 11.7 Å².